The molecule has 3 rings (SSSR count). The number of halogens is 1. The molecule has 196 valence electrons. The number of urea groups is 1. The first kappa shape index (κ1) is 28.1. The Hall–Kier alpha value is -3.44. The van der Waals surface area contributed by atoms with E-state index < -0.39 is 22.0 Å². The van der Waals surface area contributed by atoms with E-state index in [4.69, 9.17) is 11.6 Å². The topological polar surface area (TPSA) is 128 Å². The Morgan fingerprint density at radius 1 is 0.973 bits per heavy atom. The Morgan fingerprint density at radius 2 is 1.65 bits per heavy atom. The van der Waals surface area contributed by atoms with Crippen LogP contribution in [0.15, 0.2) is 77.7 Å². The van der Waals surface area contributed by atoms with Crippen molar-refractivity contribution in [3.05, 3.63) is 83.4 Å². The van der Waals surface area contributed by atoms with Crippen molar-refractivity contribution in [3.8, 4) is 11.1 Å². The molecular formula is C26H29ClN4O5S. The third-order valence-corrected chi connectivity index (χ3v) is 7.15. The largest absolute Gasteiger partial charge is 0.480 e. The summed E-state index contributed by atoms with van der Waals surface area (Å²) < 4.78 is 27.5. The summed E-state index contributed by atoms with van der Waals surface area (Å²) in [7, 11) is -0.196. The maximum Gasteiger partial charge on any atom is 0.322 e. The number of carbonyl (C=O) groups excluding carboxylic acids is 1. The molecule has 9 nitrogen and oxygen atoms in total. The van der Waals surface area contributed by atoms with Crippen LogP contribution in [0.1, 0.15) is 5.56 Å². The molecule has 0 bridgehead atoms. The van der Waals surface area contributed by atoms with Crippen LogP contribution in [-0.4, -0.2) is 63.7 Å². The highest BCUT2D eigenvalue weighted by molar-refractivity contribution is 7.89. The molecule has 0 saturated carbocycles. The van der Waals surface area contributed by atoms with E-state index in [0.29, 0.717) is 22.8 Å². The average Bonchev–Trinajstić information content (AvgIpc) is 2.84. The van der Waals surface area contributed by atoms with Crippen LogP contribution in [0.5, 0.6) is 0 Å². The molecule has 4 N–H and O–H groups in total. The summed E-state index contributed by atoms with van der Waals surface area (Å²) in [5.74, 6) is -1.29. The number of anilines is 1. The smallest absolute Gasteiger partial charge is 0.322 e. The van der Waals surface area contributed by atoms with Crippen LogP contribution in [0.2, 0.25) is 5.02 Å². The highest BCUT2D eigenvalue weighted by Crippen LogP contribution is 2.24. The maximum absolute atomic E-state index is 12.6. The Labute approximate surface area is 221 Å². The van der Waals surface area contributed by atoms with Gasteiger partial charge in [-0.3, -0.25) is 4.79 Å². The predicted octanol–water partition coefficient (Wildman–Crippen LogP) is 3.66. The Kier molecular flexibility index (Phi) is 9.65. The highest BCUT2D eigenvalue weighted by atomic mass is 35.5. The standard InChI is InChI=1S/C26H29ClN4O5S/c1-31(2)15-14-28-26(34)29-22-5-3-4-20(17-22)19-8-6-18(7-9-19)16-24(25(32)33)30-37(35,36)23-12-10-21(27)11-13-23/h3-13,17,24,30H,14-16H2,1-2H3,(H,32,33)(H2,28,29,34). The lowest BCUT2D eigenvalue weighted by atomic mass is 10.0. The lowest BCUT2D eigenvalue weighted by Gasteiger charge is -2.15. The van der Waals surface area contributed by atoms with E-state index in [1.165, 1.54) is 24.3 Å². The van der Waals surface area contributed by atoms with Crippen molar-refractivity contribution in [2.75, 3.05) is 32.5 Å². The van der Waals surface area contributed by atoms with Gasteiger partial charge in [-0.05, 0) is 73.6 Å². The second-order valence-electron chi connectivity index (χ2n) is 8.63. The van der Waals surface area contributed by atoms with E-state index in [1.54, 1.807) is 18.2 Å². The van der Waals surface area contributed by atoms with Crippen molar-refractivity contribution in [2.24, 2.45) is 0 Å². The Morgan fingerprint density at radius 3 is 2.27 bits per heavy atom. The zero-order valence-corrected chi connectivity index (χ0v) is 22.0. The molecule has 0 spiro atoms. The van der Waals surface area contributed by atoms with Crippen molar-refractivity contribution in [3.63, 3.8) is 0 Å². The molecule has 0 aliphatic rings. The van der Waals surface area contributed by atoms with E-state index in [9.17, 15) is 23.1 Å². The van der Waals surface area contributed by atoms with Gasteiger partial charge >= 0.3 is 12.0 Å². The molecule has 3 aromatic rings. The van der Waals surface area contributed by atoms with Gasteiger partial charge in [0.15, 0.2) is 0 Å². The van der Waals surface area contributed by atoms with Crippen LogP contribution in [0.4, 0.5) is 10.5 Å². The number of carbonyl (C=O) groups is 2. The van der Waals surface area contributed by atoms with Gasteiger partial charge in [-0.25, -0.2) is 13.2 Å². The first-order valence-corrected chi connectivity index (χ1v) is 13.3. The Bertz CT molecular complexity index is 1330. The van der Waals surface area contributed by atoms with Gasteiger partial charge in [0.2, 0.25) is 10.0 Å². The summed E-state index contributed by atoms with van der Waals surface area (Å²) in [5.41, 5.74) is 2.99. The molecule has 0 heterocycles. The lowest BCUT2D eigenvalue weighted by Crippen LogP contribution is -2.42. The van der Waals surface area contributed by atoms with Crippen molar-refractivity contribution in [1.82, 2.24) is 14.9 Å². The minimum Gasteiger partial charge on any atom is -0.480 e. The van der Waals surface area contributed by atoms with Crippen LogP contribution < -0.4 is 15.4 Å². The zero-order chi connectivity index (χ0) is 27.0. The molecule has 1 unspecified atom stereocenters. The number of rotatable bonds is 11. The summed E-state index contributed by atoms with van der Waals surface area (Å²) in [6.07, 6.45) is -0.0445. The molecule has 3 aromatic carbocycles. The lowest BCUT2D eigenvalue weighted by molar-refractivity contribution is -0.138. The summed E-state index contributed by atoms with van der Waals surface area (Å²) in [6.45, 7) is 1.25. The molecule has 1 atom stereocenters. The monoisotopic (exact) mass is 544 g/mol. The second-order valence-corrected chi connectivity index (χ2v) is 10.8. The molecular weight excluding hydrogens is 516 g/mol. The molecule has 11 heteroatoms. The van der Waals surface area contributed by atoms with Crippen LogP contribution >= 0.6 is 11.6 Å². The van der Waals surface area contributed by atoms with Crippen molar-refractivity contribution in [2.45, 2.75) is 17.4 Å². The number of carboxylic acid groups (broad SMARTS) is 1. The minimum absolute atomic E-state index is 0.0445. The van der Waals surface area contributed by atoms with E-state index in [-0.39, 0.29) is 17.3 Å². The fourth-order valence-electron chi connectivity index (χ4n) is 3.46. The van der Waals surface area contributed by atoms with Crippen LogP contribution in [0, 0.1) is 0 Å². The van der Waals surface area contributed by atoms with Gasteiger partial charge in [-0.15, -0.1) is 0 Å². The molecule has 0 radical (unpaired) electrons. The number of hydrogen-bond donors (Lipinski definition) is 4. The fraction of sp³-hybridized carbons (Fsp3) is 0.231. The van der Waals surface area contributed by atoms with E-state index in [2.05, 4.69) is 15.4 Å². The van der Waals surface area contributed by atoms with Gasteiger partial charge < -0.3 is 20.6 Å². The van der Waals surface area contributed by atoms with E-state index in [1.807, 2.05) is 49.3 Å². The van der Waals surface area contributed by atoms with Gasteiger partial charge in [0.1, 0.15) is 6.04 Å². The van der Waals surface area contributed by atoms with Gasteiger partial charge in [-0.1, -0.05) is 48.0 Å². The first-order chi connectivity index (χ1) is 17.5. The molecule has 0 aliphatic carbocycles. The number of benzene rings is 3. The van der Waals surface area contributed by atoms with Crippen molar-refractivity contribution >= 4 is 39.3 Å². The summed E-state index contributed by atoms with van der Waals surface area (Å²) in [6, 6.07) is 18.3. The van der Waals surface area contributed by atoms with Gasteiger partial charge in [0.25, 0.3) is 0 Å². The number of nitrogens with zero attached hydrogens (tertiary/aromatic N) is 1. The quantitative estimate of drug-likeness (QED) is 0.292. The van der Waals surface area contributed by atoms with Crippen molar-refractivity contribution < 1.29 is 23.1 Å². The summed E-state index contributed by atoms with van der Waals surface area (Å²) in [5, 5.41) is 15.6. The molecule has 0 saturated heterocycles. The zero-order valence-electron chi connectivity index (χ0n) is 20.4. The molecule has 37 heavy (non-hydrogen) atoms. The molecule has 0 aliphatic heterocycles. The fourth-order valence-corrected chi connectivity index (χ4v) is 4.78. The SMILES string of the molecule is CN(C)CCNC(=O)Nc1cccc(-c2ccc(CC(NS(=O)(=O)c3ccc(Cl)cc3)C(=O)O)cc2)c1. The molecule has 2 amide bonds. The number of likely N-dealkylation sites (N-methyl/N-ethyl adjacent to an activating group) is 1. The van der Waals surface area contributed by atoms with E-state index in [0.717, 1.165) is 17.7 Å². The maximum atomic E-state index is 12.6. The number of amides is 2. The van der Waals surface area contributed by atoms with Gasteiger partial charge in [-0.2, -0.15) is 4.72 Å². The normalized spacial score (nSPS) is 12.2. The number of nitrogens with one attached hydrogen (secondary N) is 3. The highest BCUT2D eigenvalue weighted by Gasteiger charge is 2.25. The second kappa shape index (κ2) is 12.7. The third-order valence-electron chi connectivity index (χ3n) is 5.41. The average molecular weight is 545 g/mol. The summed E-state index contributed by atoms with van der Waals surface area (Å²) >= 11 is 5.81. The minimum atomic E-state index is -4.05. The first-order valence-electron chi connectivity index (χ1n) is 11.4. The number of aliphatic carboxylic acids is 1. The van der Waals surface area contributed by atoms with Gasteiger partial charge in [0, 0.05) is 23.8 Å². The number of carboxylic acids is 1. The Balaban J connectivity index is 1.66. The van der Waals surface area contributed by atoms with Crippen LogP contribution in [0.3, 0.4) is 0 Å². The number of hydrogen-bond acceptors (Lipinski definition) is 5. The number of sulfonamides is 1. The van der Waals surface area contributed by atoms with E-state index >= 15 is 0 Å². The molecule has 0 aromatic heterocycles. The van der Waals surface area contributed by atoms with Crippen molar-refractivity contribution in [1.29, 1.82) is 0 Å². The third kappa shape index (κ3) is 8.57. The van der Waals surface area contributed by atoms with Gasteiger partial charge in [0.05, 0.1) is 4.90 Å². The van der Waals surface area contributed by atoms with Crippen LogP contribution in [0.25, 0.3) is 11.1 Å². The van der Waals surface area contributed by atoms with Crippen LogP contribution in [-0.2, 0) is 21.2 Å². The molecule has 0 fully saturated rings. The predicted molar refractivity (Wildman–Crippen MR) is 144 cm³/mol. The summed E-state index contributed by atoms with van der Waals surface area (Å²) in [4.78, 5) is 25.8.